The van der Waals surface area contributed by atoms with Gasteiger partial charge in [0.2, 0.25) is 0 Å². The van der Waals surface area contributed by atoms with Gasteiger partial charge in [0.15, 0.2) is 5.60 Å². The second-order valence-electron chi connectivity index (χ2n) is 5.93. The summed E-state index contributed by atoms with van der Waals surface area (Å²) in [5.41, 5.74) is -3.65. The lowest BCUT2D eigenvalue weighted by Gasteiger charge is -2.41. The first kappa shape index (κ1) is 18.7. The molecule has 0 fully saturated rings. The molecule has 0 saturated carbocycles. The SMILES string of the molecule is CSc1ccc(OC(C)(C)C(O)(CO)c2ccc(F)cc2F)cc1. The Morgan fingerprint density at radius 1 is 1.08 bits per heavy atom. The van der Waals surface area contributed by atoms with Gasteiger partial charge in [0.05, 0.1) is 6.61 Å². The highest BCUT2D eigenvalue weighted by Gasteiger charge is 2.48. The molecule has 0 aliphatic rings. The maximum absolute atomic E-state index is 14.1. The molecular formula is C18H20F2O3S. The molecule has 0 bridgehead atoms. The van der Waals surface area contributed by atoms with Crippen LogP contribution in [0.4, 0.5) is 8.78 Å². The van der Waals surface area contributed by atoms with E-state index in [1.807, 2.05) is 18.4 Å². The highest BCUT2D eigenvalue weighted by molar-refractivity contribution is 7.98. The van der Waals surface area contributed by atoms with E-state index in [0.29, 0.717) is 11.8 Å². The molecule has 0 aliphatic carbocycles. The molecule has 0 heterocycles. The molecular weight excluding hydrogens is 334 g/mol. The summed E-state index contributed by atoms with van der Waals surface area (Å²) in [6.07, 6.45) is 1.95. The standard InChI is InChI=1S/C18H20F2O3S/c1-17(2,23-13-5-7-14(24-3)8-6-13)18(22,11-21)15-9-4-12(19)10-16(15)20/h4-10,21-22H,11H2,1-3H3. The van der Waals surface area contributed by atoms with Gasteiger partial charge in [-0.2, -0.15) is 0 Å². The fraction of sp³-hybridized carbons (Fsp3) is 0.333. The van der Waals surface area contributed by atoms with Crippen LogP contribution in [0.25, 0.3) is 0 Å². The highest BCUT2D eigenvalue weighted by atomic mass is 32.2. The summed E-state index contributed by atoms with van der Waals surface area (Å²) in [7, 11) is 0. The number of aliphatic hydroxyl groups is 2. The van der Waals surface area contributed by atoms with Crippen LogP contribution in [-0.2, 0) is 5.60 Å². The lowest BCUT2D eigenvalue weighted by molar-refractivity contribution is -0.148. The third-order valence-corrected chi connectivity index (χ3v) is 4.78. The third kappa shape index (κ3) is 3.55. The molecule has 1 atom stereocenters. The van der Waals surface area contributed by atoms with Crippen LogP contribution in [0.2, 0.25) is 0 Å². The van der Waals surface area contributed by atoms with E-state index in [2.05, 4.69) is 0 Å². The van der Waals surface area contributed by atoms with Crippen LogP contribution >= 0.6 is 11.8 Å². The Labute approximate surface area is 144 Å². The van der Waals surface area contributed by atoms with E-state index >= 15 is 0 Å². The zero-order valence-electron chi connectivity index (χ0n) is 13.7. The van der Waals surface area contributed by atoms with Crippen LogP contribution in [0.5, 0.6) is 5.75 Å². The average Bonchev–Trinajstić information content (AvgIpc) is 2.54. The molecule has 6 heteroatoms. The van der Waals surface area contributed by atoms with Crippen molar-refractivity contribution in [2.24, 2.45) is 0 Å². The quantitative estimate of drug-likeness (QED) is 0.776. The smallest absolute Gasteiger partial charge is 0.154 e. The monoisotopic (exact) mass is 354 g/mol. The van der Waals surface area contributed by atoms with Gasteiger partial charge in [0.25, 0.3) is 0 Å². The van der Waals surface area contributed by atoms with Crippen LogP contribution in [-0.4, -0.2) is 28.7 Å². The van der Waals surface area contributed by atoms with Gasteiger partial charge in [-0.05, 0) is 50.4 Å². The van der Waals surface area contributed by atoms with Crippen molar-refractivity contribution in [2.45, 2.75) is 29.9 Å². The van der Waals surface area contributed by atoms with Crippen LogP contribution in [0, 0.1) is 11.6 Å². The maximum atomic E-state index is 14.1. The van der Waals surface area contributed by atoms with Crippen LogP contribution < -0.4 is 4.74 Å². The second kappa shape index (κ2) is 7.09. The number of hydrogen-bond acceptors (Lipinski definition) is 4. The predicted molar refractivity (Wildman–Crippen MR) is 90.3 cm³/mol. The Morgan fingerprint density at radius 2 is 1.71 bits per heavy atom. The van der Waals surface area contributed by atoms with Gasteiger partial charge in [-0.25, -0.2) is 8.78 Å². The topological polar surface area (TPSA) is 49.7 Å². The van der Waals surface area contributed by atoms with Gasteiger partial charge in [0.1, 0.15) is 23.0 Å². The lowest BCUT2D eigenvalue weighted by Crippen LogP contribution is -2.54. The molecule has 24 heavy (non-hydrogen) atoms. The van der Waals surface area contributed by atoms with Crippen molar-refractivity contribution in [1.29, 1.82) is 0 Å². The van der Waals surface area contributed by atoms with Crippen LogP contribution in [0.1, 0.15) is 19.4 Å². The van der Waals surface area contributed by atoms with Gasteiger partial charge in [0, 0.05) is 16.5 Å². The second-order valence-corrected chi connectivity index (χ2v) is 6.81. The molecule has 0 aromatic heterocycles. The Balaban J connectivity index is 2.38. The number of hydrogen-bond donors (Lipinski definition) is 2. The van der Waals surface area contributed by atoms with Crippen LogP contribution in [0.3, 0.4) is 0 Å². The summed E-state index contributed by atoms with van der Waals surface area (Å²) in [5, 5.41) is 20.6. The molecule has 0 saturated heterocycles. The summed E-state index contributed by atoms with van der Waals surface area (Å²) in [6, 6.07) is 9.97. The minimum atomic E-state index is -2.05. The number of thioether (sulfide) groups is 1. The minimum Gasteiger partial charge on any atom is -0.484 e. The van der Waals surface area contributed by atoms with Gasteiger partial charge >= 0.3 is 0 Å². The van der Waals surface area contributed by atoms with E-state index in [1.165, 1.54) is 13.8 Å². The summed E-state index contributed by atoms with van der Waals surface area (Å²) in [4.78, 5) is 1.04. The average molecular weight is 354 g/mol. The van der Waals surface area contributed by atoms with Crippen molar-refractivity contribution in [3.63, 3.8) is 0 Å². The molecule has 2 N–H and O–H groups in total. The van der Waals surface area contributed by atoms with Crippen molar-refractivity contribution in [2.75, 3.05) is 12.9 Å². The summed E-state index contributed by atoms with van der Waals surface area (Å²) < 4.78 is 33.1. The van der Waals surface area contributed by atoms with E-state index in [0.717, 1.165) is 17.0 Å². The minimum absolute atomic E-state index is 0.225. The van der Waals surface area contributed by atoms with Crippen molar-refractivity contribution in [3.8, 4) is 5.75 Å². The molecule has 3 nitrogen and oxygen atoms in total. The van der Waals surface area contributed by atoms with Crippen molar-refractivity contribution >= 4 is 11.8 Å². The fourth-order valence-electron chi connectivity index (χ4n) is 2.45. The number of halogens is 2. The zero-order chi connectivity index (χ0) is 18.0. The molecule has 1 unspecified atom stereocenters. The Kier molecular flexibility index (Phi) is 5.52. The van der Waals surface area contributed by atoms with Gasteiger partial charge in [-0.1, -0.05) is 6.07 Å². The molecule has 2 aromatic carbocycles. The Morgan fingerprint density at radius 3 is 2.21 bits per heavy atom. The number of benzene rings is 2. The molecule has 130 valence electrons. The molecule has 2 aromatic rings. The van der Waals surface area contributed by atoms with Gasteiger partial charge < -0.3 is 14.9 Å². The maximum Gasteiger partial charge on any atom is 0.154 e. The van der Waals surface area contributed by atoms with Crippen molar-refractivity contribution in [3.05, 3.63) is 59.7 Å². The normalized spacial score (nSPS) is 14.3. The van der Waals surface area contributed by atoms with E-state index < -0.39 is 29.4 Å². The van der Waals surface area contributed by atoms with E-state index in [4.69, 9.17) is 4.74 Å². The van der Waals surface area contributed by atoms with E-state index in [1.54, 1.807) is 23.9 Å². The molecule has 0 amide bonds. The number of ether oxygens (including phenoxy) is 1. The van der Waals surface area contributed by atoms with E-state index in [-0.39, 0.29) is 5.56 Å². The van der Waals surface area contributed by atoms with Gasteiger partial charge in [-0.3, -0.25) is 0 Å². The Bertz CT molecular complexity index is 704. The number of aliphatic hydroxyl groups excluding tert-OH is 1. The van der Waals surface area contributed by atoms with Crippen molar-refractivity contribution < 1.29 is 23.7 Å². The number of rotatable bonds is 6. The van der Waals surface area contributed by atoms with Crippen LogP contribution in [0.15, 0.2) is 47.4 Å². The molecule has 0 radical (unpaired) electrons. The lowest BCUT2D eigenvalue weighted by atomic mass is 9.79. The summed E-state index contributed by atoms with van der Waals surface area (Å²) >= 11 is 1.58. The largest absolute Gasteiger partial charge is 0.484 e. The Hall–Kier alpha value is -1.63. The van der Waals surface area contributed by atoms with E-state index in [9.17, 15) is 19.0 Å². The van der Waals surface area contributed by atoms with Crippen molar-refractivity contribution in [1.82, 2.24) is 0 Å². The predicted octanol–water partition coefficient (Wildman–Crippen LogP) is 3.72. The van der Waals surface area contributed by atoms with Gasteiger partial charge in [-0.15, -0.1) is 11.8 Å². The highest BCUT2D eigenvalue weighted by Crippen LogP contribution is 2.38. The molecule has 2 rings (SSSR count). The fourth-order valence-corrected chi connectivity index (χ4v) is 2.86. The summed E-state index contributed by atoms with van der Waals surface area (Å²) in [6.45, 7) is 2.29. The molecule has 0 spiro atoms. The zero-order valence-corrected chi connectivity index (χ0v) is 14.5. The third-order valence-electron chi connectivity index (χ3n) is 4.03. The summed E-state index contributed by atoms with van der Waals surface area (Å²) in [5.74, 6) is -1.24. The molecule has 0 aliphatic heterocycles. The first-order valence-electron chi connectivity index (χ1n) is 7.35. The first-order valence-corrected chi connectivity index (χ1v) is 8.58. The first-order chi connectivity index (χ1) is 11.2.